The quantitative estimate of drug-likeness (QED) is 0.428. The second-order valence-corrected chi connectivity index (χ2v) is 7.34. The highest BCUT2D eigenvalue weighted by molar-refractivity contribution is 5.84. The van der Waals surface area contributed by atoms with E-state index in [0.29, 0.717) is 29.8 Å². The molecule has 2 aromatic carbocycles. The van der Waals surface area contributed by atoms with Crippen molar-refractivity contribution in [2.24, 2.45) is 0 Å². The summed E-state index contributed by atoms with van der Waals surface area (Å²) in [7, 11) is 1.63. The van der Waals surface area contributed by atoms with Crippen molar-refractivity contribution in [3.63, 3.8) is 0 Å². The lowest BCUT2D eigenvalue weighted by Gasteiger charge is -2.07. The zero-order valence-corrected chi connectivity index (χ0v) is 17.1. The number of methoxy groups -OCH3 is 1. The van der Waals surface area contributed by atoms with Crippen molar-refractivity contribution in [3.05, 3.63) is 94.5 Å². The standard InChI is InChI=1S/C24H21N5O2/c1-31-16-19-21(18-10-6-3-7-11-18)23-26-25-22-20(29(23)27-19)13-15-28(24(22)30)14-12-17-8-4-2-5-9-17/h2-11,13,15H,12,14,16H2,1H3. The molecule has 3 aromatic heterocycles. The first-order valence-corrected chi connectivity index (χ1v) is 10.1. The molecule has 5 aromatic rings. The summed E-state index contributed by atoms with van der Waals surface area (Å²) in [6, 6.07) is 21.9. The first-order chi connectivity index (χ1) is 15.3. The predicted molar refractivity (Wildman–Crippen MR) is 119 cm³/mol. The van der Waals surface area contributed by atoms with Gasteiger partial charge in [-0.3, -0.25) is 4.79 Å². The van der Waals surface area contributed by atoms with Crippen LogP contribution in [0.25, 0.3) is 27.8 Å². The van der Waals surface area contributed by atoms with Crippen LogP contribution in [-0.4, -0.2) is 31.5 Å². The van der Waals surface area contributed by atoms with Crippen LogP contribution >= 0.6 is 0 Å². The molecule has 7 heteroatoms. The molecular formula is C24H21N5O2. The van der Waals surface area contributed by atoms with Gasteiger partial charge >= 0.3 is 0 Å². The highest BCUT2D eigenvalue weighted by Crippen LogP contribution is 2.28. The van der Waals surface area contributed by atoms with Crippen molar-refractivity contribution in [2.75, 3.05) is 7.11 Å². The number of ether oxygens (including phenoxy) is 1. The molecule has 0 aliphatic rings. The van der Waals surface area contributed by atoms with E-state index in [-0.39, 0.29) is 5.56 Å². The Balaban J connectivity index is 1.62. The Bertz CT molecular complexity index is 1410. The Labute approximate surface area is 178 Å². The Morgan fingerprint density at radius 3 is 2.42 bits per heavy atom. The maximum atomic E-state index is 13.1. The van der Waals surface area contributed by atoms with Crippen molar-refractivity contribution in [1.82, 2.24) is 24.4 Å². The van der Waals surface area contributed by atoms with Crippen LogP contribution < -0.4 is 5.56 Å². The fourth-order valence-electron chi connectivity index (χ4n) is 3.84. The minimum atomic E-state index is -0.173. The van der Waals surface area contributed by atoms with Gasteiger partial charge in [-0.2, -0.15) is 5.10 Å². The molecule has 0 fully saturated rings. The molecule has 0 spiro atoms. The molecule has 31 heavy (non-hydrogen) atoms. The fraction of sp³-hybridized carbons (Fsp3) is 0.167. The molecule has 5 rings (SSSR count). The minimum Gasteiger partial charge on any atom is -0.378 e. The number of nitrogens with zero attached hydrogens (tertiary/aromatic N) is 5. The second kappa shape index (κ2) is 8.12. The smallest absolute Gasteiger partial charge is 0.280 e. The molecule has 154 valence electrons. The van der Waals surface area contributed by atoms with Crippen LogP contribution in [-0.2, 0) is 24.3 Å². The van der Waals surface area contributed by atoms with E-state index in [1.807, 2.05) is 54.6 Å². The van der Waals surface area contributed by atoms with E-state index in [1.165, 1.54) is 5.56 Å². The molecule has 0 unspecified atom stereocenters. The van der Waals surface area contributed by atoms with Crippen LogP contribution in [0.5, 0.6) is 0 Å². The molecule has 0 N–H and O–H groups in total. The van der Waals surface area contributed by atoms with Gasteiger partial charge in [-0.25, -0.2) is 4.52 Å². The topological polar surface area (TPSA) is 74.3 Å². The summed E-state index contributed by atoms with van der Waals surface area (Å²) in [5.74, 6) is 0. The average Bonchev–Trinajstić information content (AvgIpc) is 3.18. The van der Waals surface area contributed by atoms with Crippen LogP contribution in [0.1, 0.15) is 11.3 Å². The van der Waals surface area contributed by atoms with Gasteiger partial charge in [0.2, 0.25) is 0 Å². The fourth-order valence-corrected chi connectivity index (χ4v) is 3.84. The van der Waals surface area contributed by atoms with Gasteiger partial charge in [0, 0.05) is 19.9 Å². The first-order valence-electron chi connectivity index (χ1n) is 10.1. The summed E-state index contributed by atoms with van der Waals surface area (Å²) >= 11 is 0. The number of rotatable bonds is 6. The molecule has 0 bridgehead atoms. The molecule has 0 aliphatic heterocycles. The summed E-state index contributed by atoms with van der Waals surface area (Å²) in [6.07, 6.45) is 2.56. The molecule has 0 saturated carbocycles. The van der Waals surface area contributed by atoms with E-state index in [2.05, 4.69) is 22.3 Å². The van der Waals surface area contributed by atoms with Crippen molar-refractivity contribution >= 4 is 16.7 Å². The van der Waals surface area contributed by atoms with Gasteiger partial charge in [-0.15, -0.1) is 10.2 Å². The van der Waals surface area contributed by atoms with E-state index < -0.39 is 0 Å². The van der Waals surface area contributed by atoms with Gasteiger partial charge in [-0.05, 0) is 23.6 Å². The Kier molecular flexibility index (Phi) is 5.01. The first kappa shape index (κ1) is 19.1. The Morgan fingerprint density at radius 1 is 0.935 bits per heavy atom. The normalized spacial score (nSPS) is 11.4. The highest BCUT2D eigenvalue weighted by Gasteiger charge is 2.19. The summed E-state index contributed by atoms with van der Waals surface area (Å²) in [4.78, 5) is 13.1. The maximum absolute atomic E-state index is 13.1. The average molecular weight is 411 g/mol. The number of aryl methyl sites for hydroxylation is 2. The van der Waals surface area contributed by atoms with Gasteiger partial charge in [0.1, 0.15) is 5.52 Å². The van der Waals surface area contributed by atoms with Crippen LogP contribution in [0, 0.1) is 0 Å². The molecule has 7 nitrogen and oxygen atoms in total. The summed E-state index contributed by atoms with van der Waals surface area (Å²) in [6.45, 7) is 0.908. The zero-order chi connectivity index (χ0) is 21.2. The Hall–Kier alpha value is -3.84. The van der Waals surface area contributed by atoms with Crippen molar-refractivity contribution in [3.8, 4) is 11.1 Å². The number of pyridine rings is 1. The van der Waals surface area contributed by atoms with Gasteiger partial charge in [0.25, 0.3) is 5.56 Å². The lowest BCUT2D eigenvalue weighted by molar-refractivity contribution is 0.181. The van der Waals surface area contributed by atoms with Gasteiger partial charge < -0.3 is 9.30 Å². The van der Waals surface area contributed by atoms with Crippen molar-refractivity contribution in [2.45, 2.75) is 19.6 Å². The second-order valence-electron chi connectivity index (χ2n) is 7.34. The number of benzene rings is 2. The van der Waals surface area contributed by atoms with Gasteiger partial charge in [-0.1, -0.05) is 60.7 Å². The lowest BCUT2D eigenvalue weighted by Crippen LogP contribution is -2.22. The number of hydrogen-bond donors (Lipinski definition) is 0. The molecular weight excluding hydrogens is 390 g/mol. The predicted octanol–water partition coefficient (Wildman–Crippen LogP) is 3.50. The monoisotopic (exact) mass is 411 g/mol. The third-order valence-corrected chi connectivity index (χ3v) is 5.35. The lowest BCUT2D eigenvalue weighted by atomic mass is 10.1. The van der Waals surface area contributed by atoms with Crippen molar-refractivity contribution < 1.29 is 4.74 Å². The molecule has 0 aliphatic carbocycles. The van der Waals surface area contributed by atoms with Crippen molar-refractivity contribution in [1.29, 1.82) is 0 Å². The molecule has 3 heterocycles. The molecule has 0 saturated heterocycles. The number of hydrogen-bond acceptors (Lipinski definition) is 5. The summed E-state index contributed by atoms with van der Waals surface area (Å²) in [5, 5.41) is 13.4. The largest absolute Gasteiger partial charge is 0.378 e. The number of fused-ring (bicyclic) bond motifs is 3. The third-order valence-electron chi connectivity index (χ3n) is 5.35. The summed E-state index contributed by atoms with van der Waals surface area (Å²) < 4.78 is 8.73. The van der Waals surface area contributed by atoms with E-state index in [4.69, 9.17) is 9.84 Å². The number of aromatic nitrogens is 5. The minimum absolute atomic E-state index is 0.173. The third kappa shape index (κ3) is 3.49. The molecule has 0 amide bonds. The van der Waals surface area contributed by atoms with E-state index >= 15 is 0 Å². The van der Waals surface area contributed by atoms with E-state index in [0.717, 1.165) is 23.2 Å². The summed E-state index contributed by atoms with van der Waals surface area (Å²) in [5.41, 5.74) is 5.14. The molecule has 0 radical (unpaired) electrons. The zero-order valence-electron chi connectivity index (χ0n) is 17.1. The van der Waals surface area contributed by atoms with E-state index in [1.54, 1.807) is 22.4 Å². The Morgan fingerprint density at radius 2 is 1.68 bits per heavy atom. The molecule has 0 atom stereocenters. The van der Waals surface area contributed by atoms with Gasteiger partial charge in [0.15, 0.2) is 11.2 Å². The van der Waals surface area contributed by atoms with Crippen LogP contribution in [0.2, 0.25) is 0 Å². The van der Waals surface area contributed by atoms with E-state index in [9.17, 15) is 4.79 Å². The SMILES string of the molecule is COCc1nn2c(nnc3c(=O)n(CCc4ccccc4)ccc32)c1-c1ccccc1. The highest BCUT2D eigenvalue weighted by atomic mass is 16.5. The van der Waals surface area contributed by atoms with Crippen LogP contribution in [0.3, 0.4) is 0 Å². The maximum Gasteiger partial charge on any atom is 0.280 e. The van der Waals surface area contributed by atoms with Crippen LogP contribution in [0.15, 0.2) is 77.7 Å². The van der Waals surface area contributed by atoms with Gasteiger partial charge in [0.05, 0.1) is 17.9 Å². The van der Waals surface area contributed by atoms with Crippen LogP contribution in [0.4, 0.5) is 0 Å².